The summed E-state index contributed by atoms with van der Waals surface area (Å²) in [6, 6.07) is 5.78. The fourth-order valence-electron chi connectivity index (χ4n) is 3.85. The molecular weight excluding hydrogens is 422 g/mol. The summed E-state index contributed by atoms with van der Waals surface area (Å²) in [6.45, 7) is 2.30. The Morgan fingerprint density at radius 1 is 1.12 bits per heavy atom. The summed E-state index contributed by atoms with van der Waals surface area (Å²) in [5.41, 5.74) is 0.395. The number of unbranched alkanes of at least 4 members (excludes halogenated alkanes) is 5. The van der Waals surface area contributed by atoms with Crippen LogP contribution in [0.3, 0.4) is 0 Å². The van der Waals surface area contributed by atoms with Gasteiger partial charge in [-0.15, -0.1) is 0 Å². The van der Waals surface area contributed by atoms with Crippen molar-refractivity contribution in [3.05, 3.63) is 62.6 Å². The highest BCUT2D eigenvalue weighted by Crippen LogP contribution is 2.42. The number of rotatable bonds is 12. The maximum absolute atomic E-state index is 13.0. The van der Waals surface area contributed by atoms with Gasteiger partial charge in [-0.3, -0.25) is 10.1 Å². The molecule has 0 amide bonds. The Labute approximate surface area is 186 Å². The number of alkyl halides is 2. The Morgan fingerprint density at radius 2 is 1.78 bits per heavy atom. The molecule has 1 aromatic carbocycles. The molecule has 7 nitrogen and oxygen atoms in total. The molecule has 176 valence electrons. The van der Waals surface area contributed by atoms with Gasteiger partial charge in [0.2, 0.25) is 0 Å². The number of hydrogen-bond acceptors (Lipinski definition) is 6. The Morgan fingerprint density at radius 3 is 2.44 bits per heavy atom. The zero-order valence-electron chi connectivity index (χ0n) is 18.7. The lowest BCUT2D eigenvalue weighted by atomic mass is 9.83. The molecule has 0 fully saturated rings. The average Bonchev–Trinajstić information content (AvgIpc) is 2.72. The van der Waals surface area contributed by atoms with Gasteiger partial charge in [0.15, 0.2) is 0 Å². The maximum atomic E-state index is 13.0. The minimum atomic E-state index is -3.12. The average molecular weight is 452 g/mol. The van der Waals surface area contributed by atoms with E-state index in [4.69, 9.17) is 4.74 Å². The van der Waals surface area contributed by atoms with Crippen LogP contribution in [0.5, 0.6) is 5.75 Å². The molecule has 1 atom stereocenters. The van der Waals surface area contributed by atoms with Gasteiger partial charge in [-0.2, -0.15) is 8.78 Å². The molecule has 0 spiro atoms. The third-order valence-electron chi connectivity index (χ3n) is 5.32. The quantitative estimate of drug-likeness (QED) is 0.190. The Balaban J connectivity index is 2.31. The van der Waals surface area contributed by atoms with Crippen LogP contribution in [0, 0.1) is 10.1 Å². The van der Waals surface area contributed by atoms with E-state index in [1.54, 1.807) is 13.0 Å². The van der Waals surface area contributed by atoms with Crippen molar-refractivity contribution in [3.8, 4) is 5.75 Å². The van der Waals surface area contributed by atoms with Crippen molar-refractivity contribution >= 4 is 5.97 Å². The van der Waals surface area contributed by atoms with Crippen LogP contribution >= 0.6 is 0 Å². The van der Waals surface area contributed by atoms with Crippen molar-refractivity contribution in [1.82, 2.24) is 5.32 Å². The lowest BCUT2D eigenvalue weighted by molar-refractivity contribution is -0.431. The highest BCUT2D eigenvalue weighted by atomic mass is 19.3. The smallest absolute Gasteiger partial charge is 0.387 e. The normalized spacial score (nSPS) is 16.2. The largest absolute Gasteiger partial charge is 0.462 e. The van der Waals surface area contributed by atoms with Crippen LogP contribution < -0.4 is 10.1 Å². The van der Waals surface area contributed by atoms with Gasteiger partial charge in [0.25, 0.3) is 5.70 Å². The highest BCUT2D eigenvalue weighted by molar-refractivity contribution is 5.92. The molecule has 0 aliphatic carbocycles. The van der Waals surface area contributed by atoms with Gasteiger partial charge in [-0.1, -0.05) is 57.2 Å². The predicted octanol–water partition coefficient (Wildman–Crippen LogP) is 5.66. The number of allylic oxidation sites excluding steroid dienone is 3. The maximum Gasteiger partial charge on any atom is 0.387 e. The molecule has 0 saturated heterocycles. The summed E-state index contributed by atoms with van der Waals surface area (Å²) >= 11 is 0. The number of hydrogen-bond donors (Lipinski definition) is 1. The number of ether oxygens (including phenoxy) is 2. The van der Waals surface area contributed by atoms with Gasteiger partial charge in [-0.25, -0.2) is 4.79 Å². The van der Waals surface area contributed by atoms with Gasteiger partial charge < -0.3 is 14.8 Å². The van der Waals surface area contributed by atoms with Crippen molar-refractivity contribution in [1.29, 1.82) is 0 Å². The monoisotopic (exact) mass is 452 g/mol. The number of nitro groups is 1. The van der Waals surface area contributed by atoms with Crippen molar-refractivity contribution in [3.63, 3.8) is 0 Å². The fourth-order valence-corrected chi connectivity index (χ4v) is 3.85. The van der Waals surface area contributed by atoms with E-state index in [-0.39, 0.29) is 34.9 Å². The molecule has 1 aliphatic heterocycles. The first-order valence-electron chi connectivity index (χ1n) is 10.8. The number of nitrogens with one attached hydrogen (secondary N) is 1. The summed E-state index contributed by atoms with van der Waals surface area (Å²) in [5, 5.41) is 14.7. The Kier molecular flexibility index (Phi) is 9.61. The second kappa shape index (κ2) is 12.2. The molecular formula is C23H30F2N2O5. The SMILES string of the molecule is CCCCCCCCOC(=O)C1=C(C)NC(C)=C([N+](=O)[O-])C1c1ccccc1OC(F)F. The summed E-state index contributed by atoms with van der Waals surface area (Å²) in [5.74, 6) is -2.15. The number of dihydropyridines is 1. The number of benzene rings is 1. The molecule has 0 saturated carbocycles. The Hall–Kier alpha value is -2.97. The van der Waals surface area contributed by atoms with Crippen LogP contribution in [-0.2, 0) is 9.53 Å². The van der Waals surface area contributed by atoms with Gasteiger partial charge in [0, 0.05) is 11.3 Å². The molecule has 1 aliphatic rings. The second-order valence-corrected chi connectivity index (χ2v) is 7.68. The first kappa shape index (κ1) is 25.3. The van der Waals surface area contributed by atoms with E-state index in [0.717, 1.165) is 32.1 Å². The fraction of sp³-hybridized carbons (Fsp3) is 0.522. The molecule has 0 bridgehead atoms. The lowest BCUT2D eigenvalue weighted by Gasteiger charge is -2.27. The summed E-state index contributed by atoms with van der Waals surface area (Å²) in [4.78, 5) is 24.3. The van der Waals surface area contributed by atoms with Crippen molar-refractivity contribution in [2.45, 2.75) is 71.8 Å². The molecule has 0 aromatic heterocycles. The molecule has 0 radical (unpaired) electrons. The van der Waals surface area contributed by atoms with Crippen LogP contribution in [-0.4, -0.2) is 24.1 Å². The first-order chi connectivity index (χ1) is 15.3. The molecule has 32 heavy (non-hydrogen) atoms. The zero-order chi connectivity index (χ0) is 23.7. The number of carbonyl (C=O) groups excluding carboxylic acids is 1. The standard InChI is InChI=1S/C23H30F2N2O5/c1-4-5-6-7-8-11-14-31-22(28)19-15(2)26-16(3)21(27(29)30)20(19)17-12-9-10-13-18(17)32-23(24)25/h9-10,12-13,20,23,26H,4-8,11,14H2,1-3H3. The highest BCUT2D eigenvalue weighted by Gasteiger charge is 2.42. The molecule has 1 N–H and O–H groups in total. The number of esters is 1. The van der Waals surface area contributed by atoms with E-state index >= 15 is 0 Å². The van der Waals surface area contributed by atoms with E-state index in [2.05, 4.69) is 17.0 Å². The molecule has 9 heteroatoms. The minimum absolute atomic E-state index is 0.0126. The van der Waals surface area contributed by atoms with Gasteiger partial charge in [0.05, 0.1) is 22.8 Å². The lowest BCUT2D eigenvalue weighted by Crippen LogP contribution is -2.32. The molecule has 1 aromatic rings. The van der Waals surface area contributed by atoms with Crippen molar-refractivity contribution < 1.29 is 28.0 Å². The number of nitrogens with zero attached hydrogens (tertiary/aromatic N) is 1. The number of carbonyl (C=O) groups is 1. The first-order valence-corrected chi connectivity index (χ1v) is 10.8. The predicted molar refractivity (Wildman–Crippen MR) is 116 cm³/mol. The third-order valence-corrected chi connectivity index (χ3v) is 5.32. The van der Waals surface area contributed by atoms with Gasteiger partial charge in [0.1, 0.15) is 11.7 Å². The molecule has 1 heterocycles. The third kappa shape index (κ3) is 6.51. The summed E-state index contributed by atoms with van der Waals surface area (Å²) in [6.07, 6.45) is 6.06. The Bertz CT molecular complexity index is 883. The minimum Gasteiger partial charge on any atom is -0.462 e. The molecule has 2 rings (SSSR count). The van der Waals surface area contributed by atoms with Crippen LogP contribution in [0.15, 0.2) is 46.9 Å². The zero-order valence-corrected chi connectivity index (χ0v) is 18.7. The van der Waals surface area contributed by atoms with E-state index in [9.17, 15) is 23.7 Å². The topological polar surface area (TPSA) is 90.7 Å². The summed E-state index contributed by atoms with van der Waals surface area (Å²) < 4.78 is 36.0. The van der Waals surface area contributed by atoms with E-state index < -0.39 is 23.4 Å². The van der Waals surface area contributed by atoms with E-state index in [1.165, 1.54) is 25.1 Å². The van der Waals surface area contributed by atoms with Crippen LogP contribution in [0.2, 0.25) is 0 Å². The van der Waals surface area contributed by atoms with E-state index in [1.807, 2.05) is 0 Å². The molecule has 1 unspecified atom stereocenters. The van der Waals surface area contributed by atoms with E-state index in [0.29, 0.717) is 12.1 Å². The van der Waals surface area contributed by atoms with Gasteiger partial charge in [-0.05, 0) is 26.3 Å². The number of para-hydroxylation sites is 1. The van der Waals surface area contributed by atoms with Crippen molar-refractivity contribution in [2.75, 3.05) is 6.61 Å². The summed E-state index contributed by atoms with van der Waals surface area (Å²) in [7, 11) is 0. The van der Waals surface area contributed by atoms with Crippen LogP contribution in [0.25, 0.3) is 0 Å². The number of halogens is 2. The van der Waals surface area contributed by atoms with Crippen LogP contribution in [0.1, 0.15) is 70.8 Å². The van der Waals surface area contributed by atoms with Gasteiger partial charge >= 0.3 is 12.6 Å². The van der Waals surface area contributed by atoms with Crippen LogP contribution in [0.4, 0.5) is 8.78 Å². The van der Waals surface area contributed by atoms with Crippen molar-refractivity contribution in [2.24, 2.45) is 0 Å². The second-order valence-electron chi connectivity index (χ2n) is 7.68.